The average molecular weight is 1630 g/mol. The summed E-state index contributed by atoms with van der Waals surface area (Å²) in [6, 6.07) is 16.7. The number of H-pyrrole nitrogens is 3. The van der Waals surface area contributed by atoms with E-state index in [4.69, 9.17) is 14.6 Å². The van der Waals surface area contributed by atoms with E-state index >= 15 is 0 Å². The van der Waals surface area contributed by atoms with E-state index < -0.39 is 5.97 Å². The van der Waals surface area contributed by atoms with Crippen molar-refractivity contribution in [3.05, 3.63) is 194 Å². The molecule has 1 amide bonds. The second kappa shape index (κ2) is 44.4. The summed E-state index contributed by atoms with van der Waals surface area (Å²) in [6.45, 7) is 14.3. The fourth-order valence-corrected chi connectivity index (χ4v) is 20.6. The number of nitrogens with zero attached hydrogens (tertiary/aromatic N) is 8. The Labute approximate surface area is 706 Å². The van der Waals surface area contributed by atoms with Gasteiger partial charge in [0.05, 0.1) is 31.7 Å². The number of aromatic amines is 3. The largest absolute Gasteiger partial charge is 0.481 e. The molecule has 119 heavy (non-hydrogen) atoms. The monoisotopic (exact) mass is 1630 g/mol. The number of ketones is 2. The van der Waals surface area contributed by atoms with Crippen molar-refractivity contribution in [2.45, 2.75) is 268 Å². The van der Waals surface area contributed by atoms with E-state index in [1.54, 1.807) is 11.6 Å². The van der Waals surface area contributed by atoms with Crippen LogP contribution >= 0.6 is 0 Å². The number of aromatic nitrogens is 8. The summed E-state index contributed by atoms with van der Waals surface area (Å²) in [6.07, 6.45) is 55.6. The maximum atomic E-state index is 12.2. The van der Waals surface area contributed by atoms with Crippen molar-refractivity contribution >= 4 is 47.2 Å². The molecule has 3 fully saturated rings. The first-order chi connectivity index (χ1) is 57.8. The third kappa shape index (κ3) is 24.1. The van der Waals surface area contributed by atoms with Gasteiger partial charge in [0.25, 0.3) is 0 Å². The summed E-state index contributed by atoms with van der Waals surface area (Å²) in [7, 11) is 10.3. The van der Waals surface area contributed by atoms with Gasteiger partial charge in [0.1, 0.15) is 0 Å². The number of carboxylic acid groups (broad SMARTS) is 1. The van der Waals surface area contributed by atoms with E-state index in [1.807, 2.05) is 70.3 Å². The molecule has 0 bridgehead atoms. The highest BCUT2D eigenvalue weighted by atomic mass is 16.5. The number of carbonyl (C=O) groups is 7. The number of fused-ring (bicyclic) bond motifs is 8. The van der Waals surface area contributed by atoms with Gasteiger partial charge < -0.3 is 67.1 Å². The van der Waals surface area contributed by atoms with E-state index in [2.05, 4.69) is 123 Å². The third-order valence-electron chi connectivity index (χ3n) is 27.0. The van der Waals surface area contributed by atoms with Gasteiger partial charge in [-0.25, -0.2) is 4.79 Å². The topological polar surface area (TPSA) is 240 Å². The minimum absolute atomic E-state index is 0.0656. The quantitative estimate of drug-likeness (QED) is 0.0401. The highest BCUT2D eigenvalue weighted by Crippen LogP contribution is 2.40. The minimum atomic E-state index is -0.688. The molecular weight excluding hydrogens is 1490 g/mol. The molecule has 0 spiro atoms. The summed E-state index contributed by atoms with van der Waals surface area (Å²) in [5.74, 6) is 2.55. The van der Waals surface area contributed by atoms with Gasteiger partial charge in [0, 0.05) is 174 Å². The summed E-state index contributed by atoms with van der Waals surface area (Å²) in [5.41, 5.74) is 22.6. The Balaban J connectivity index is 0.000000126. The standard InChI is InChI=1S/2C15H22N2O.C14H22N2.C13H19NO2.C13H17NO2.C11H15NO2.C9H11NO.C8H9NO/c1-16-10-7-13-12(5-4-6-14(13)16)11-15(18)17-8-2-3-9-17;18-11-13-10-14-12(4-3-5-15(14)16-13)6-9-17-7-1-2-8-17;1-2-10-16(9-1)11-7-12-4-3-5-14-13(12)6-8-15-14;2*1-3-16-13(15)9-10-5-4-6-12-11(10)7-8-14(12)2;1-12-6-5-9-8(7-11(13)14)3-2-4-10(9)12;1-10-6-5-7-8(10)3-2-4-9(7)11;10-8-3-1-2-7-6(8)4-5-9-7/h7,10,12H,2-6,8-9,11H2,1H3;10-12,16H,1-9H2;6,8,12,15H,1-5,7,9-11H2;7-8,10H,3-6,9H2,1-2H3;7-9H,3-6H2,1-2H3;5-6,8H,2-4,7H2,1H3,(H,13,14);5-6H,2-4H2,1H3;4-5,9H,1-3H2/b;;;;10-9+;;;. The van der Waals surface area contributed by atoms with Gasteiger partial charge in [-0.05, 0) is 363 Å². The first-order valence-corrected chi connectivity index (χ1v) is 45.6. The maximum absolute atomic E-state index is 12.2. The minimum Gasteiger partial charge on any atom is -0.481 e. The van der Waals surface area contributed by atoms with E-state index in [0.29, 0.717) is 54.9 Å². The van der Waals surface area contributed by atoms with Gasteiger partial charge >= 0.3 is 17.9 Å². The Bertz CT molecular complexity index is 4650. The number of allylic oxidation sites excluding steroid dienone is 1. The zero-order chi connectivity index (χ0) is 83.7. The second-order valence-electron chi connectivity index (χ2n) is 35.0. The number of rotatable bonds is 16. The van der Waals surface area contributed by atoms with Crippen molar-refractivity contribution in [3.8, 4) is 0 Å². The van der Waals surface area contributed by atoms with Crippen molar-refractivity contribution in [3.63, 3.8) is 0 Å². The van der Waals surface area contributed by atoms with Gasteiger partial charge in [-0.2, -0.15) is 0 Å². The Morgan fingerprint density at radius 1 is 0.429 bits per heavy atom. The molecule has 11 heterocycles. The van der Waals surface area contributed by atoms with Crippen LogP contribution in [0, 0.1) is 0 Å². The molecule has 0 aromatic carbocycles. The van der Waals surface area contributed by atoms with Crippen molar-refractivity contribution in [1.82, 2.24) is 52.5 Å². The van der Waals surface area contributed by atoms with Crippen LogP contribution in [0.5, 0.6) is 0 Å². The number of aldehydes is 1. The lowest BCUT2D eigenvalue weighted by Gasteiger charge is -2.25. The number of aliphatic carboxylic acids is 1. The Kier molecular flexibility index (Phi) is 33.2. The molecule has 4 N–H and O–H groups in total. The first-order valence-electron chi connectivity index (χ1n) is 45.6. The molecular formula is C98H137N11O10. The lowest BCUT2D eigenvalue weighted by Crippen LogP contribution is -2.29. The molecule has 8 aliphatic carbocycles. The molecule has 8 aromatic rings. The number of aryl methyl sites for hydroxylation is 8. The summed E-state index contributed by atoms with van der Waals surface area (Å²) in [5, 5.41) is 8.79. The van der Waals surface area contributed by atoms with Gasteiger partial charge in [0.2, 0.25) is 5.91 Å². The second-order valence-corrected chi connectivity index (χ2v) is 35.0. The van der Waals surface area contributed by atoms with E-state index in [-0.39, 0.29) is 24.3 Å². The van der Waals surface area contributed by atoms with Gasteiger partial charge in [0.15, 0.2) is 17.9 Å². The Hall–Kier alpha value is -9.21. The number of nitrogens with one attached hydrogen (secondary N) is 3. The average Bonchev–Trinajstić information content (AvgIpc) is 1.70. The highest BCUT2D eigenvalue weighted by molar-refractivity contribution is 5.98. The van der Waals surface area contributed by atoms with Gasteiger partial charge in [-0.15, -0.1) is 0 Å². The summed E-state index contributed by atoms with van der Waals surface area (Å²) >= 11 is 0. The Morgan fingerprint density at radius 3 is 1.41 bits per heavy atom. The molecule has 21 nitrogen and oxygen atoms in total. The van der Waals surface area contributed by atoms with E-state index in [9.17, 15) is 33.6 Å². The van der Waals surface area contributed by atoms with Crippen LogP contribution in [-0.4, -0.2) is 165 Å². The number of likely N-dealkylation sites (tertiary alicyclic amines) is 3. The number of hydrogen-bond acceptors (Lipinski definition) is 11. The molecule has 19 rings (SSSR count). The van der Waals surface area contributed by atoms with Crippen LogP contribution in [0.1, 0.15) is 327 Å². The molecule has 3 saturated heterocycles. The molecule has 8 aromatic heterocycles. The molecule has 5 unspecified atom stereocenters. The first kappa shape index (κ1) is 89.1. The number of ether oxygens (including phenoxy) is 2. The van der Waals surface area contributed by atoms with Crippen molar-refractivity contribution in [2.24, 2.45) is 35.2 Å². The zero-order valence-corrected chi connectivity index (χ0v) is 72.7. The van der Waals surface area contributed by atoms with Crippen molar-refractivity contribution in [1.29, 1.82) is 0 Å². The van der Waals surface area contributed by atoms with Crippen molar-refractivity contribution in [2.75, 3.05) is 65.6 Å². The number of carbonyl (C=O) groups excluding carboxylic acids is 6. The number of esters is 2. The summed E-state index contributed by atoms with van der Waals surface area (Å²) in [4.78, 5) is 96.1. The van der Waals surface area contributed by atoms with Crippen LogP contribution in [0.3, 0.4) is 0 Å². The number of Topliss-reactive ketones (excluding diaryl/α,β-unsaturated/α-hetero) is 2. The predicted molar refractivity (Wildman–Crippen MR) is 470 cm³/mol. The molecule has 644 valence electrons. The zero-order valence-electron chi connectivity index (χ0n) is 72.7. The van der Waals surface area contributed by atoms with Crippen LogP contribution in [0.4, 0.5) is 0 Å². The number of amides is 1. The normalized spacial score (nSPS) is 20.9. The number of carboxylic acids is 1. The fourth-order valence-electron chi connectivity index (χ4n) is 20.6. The van der Waals surface area contributed by atoms with Crippen LogP contribution in [-0.2, 0) is 115 Å². The van der Waals surface area contributed by atoms with Gasteiger partial charge in [-0.3, -0.25) is 28.8 Å². The molecule has 11 aliphatic rings. The SMILES string of the molecule is CCOC(=O)/C=C1\CCCc2c1ccn2C.CCOC(=O)CC1CCCc2c1ccn2C.Cn1ccc2c1CCCC2=O.Cn1ccc2c1CCCC2CC(=O)N1CCCC1.Cn1ccc2c1CCCC2CC(=O)O.O=C1CCCc2[nH]ccc21.O=Cc1cc2c([nH]1)CCCC2CCN1CCCC1.c1cc2c([nH]1)CCCC2CCN1CCCC1. The fraction of sp³-hybridized carbons (Fsp3) is 0.582. The van der Waals surface area contributed by atoms with Crippen LogP contribution in [0.15, 0.2) is 98.0 Å². The smallest absolute Gasteiger partial charge is 0.331 e. The molecule has 0 radical (unpaired) electrons. The lowest BCUT2D eigenvalue weighted by molar-refractivity contribution is -0.143. The van der Waals surface area contributed by atoms with Crippen molar-refractivity contribution < 1.29 is 48.1 Å². The third-order valence-corrected chi connectivity index (χ3v) is 27.0. The molecule has 5 atom stereocenters. The van der Waals surface area contributed by atoms with E-state index in [0.717, 1.165) is 156 Å². The predicted octanol–water partition coefficient (Wildman–Crippen LogP) is 17.8. The van der Waals surface area contributed by atoms with E-state index in [1.165, 1.54) is 216 Å². The highest BCUT2D eigenvalue weighted by Gasteiger charge is 2.32. The van der Waals surface area contributed by atoms with Crippen LogP contribution in [0.2, 0.25) is 0 Å². The Morgan fingerprint density at radius 2 is 0.866 bits per heavy atom. The number of hydrogen-bond donors (Lipinski definition) is 4. The van der Waals surface area contributed by atoms with Crippen LogP contribution < -0.4 is 0 Å². The van der Waals surface area contributed by atoms with Crippen LogP contribution in [0.25, 0.3) is 5.57 Å². The molecule has 3 aliphatic heterocycles. The molecule has 21 heteroatoms. The maximum Gasteiger partial charge on any atom is 0.331 e. The van der Waals surface area contributed by atoms with Gasteiger partial charge in [-0.1, -0.05) is 0 Å². The molecule has 0 saturated carbocycles. The lowest BCUT2D eigenvalue weighted by atomic mass is 9.84. The summed E-state index contributed by atoms with van der Waals surface area (Å²) < 4.78 is 20.7.